The Morgan fingerprint density at radius 2 is 1.78 bits per heavy atom. The number of aliphatic hydroxyl groups excluding tert-OH is 1. The van der Waals surface area contributed by atoms with E-state index in [-0.39, 0.29) is 0 Å². The van der Waals surface area contributed by atoms with Crippen LogP contribution in [-0.4, -0.2) is 28.1 Å². The van der Waals surface area contributed by atoms with Crippen LogP contribution in [0.1, 0.15) is 19.8 Å². The number of aliphatic hydroxyl groups is 1. The Kier molecular flexibility index (Phi) is 12.6. The molecule has 0 atom stereocenters. The molecule has 0 aromatic carbocycles. The molecule has 4 heteroatoms. The molecule has 0 amide bonds. The zero-order chi connectivity index (χ0) is 7.70. The van der Waals surface area contributed by atoms with Gasteiger partial charge in [-0.1, -0.05) is 13.3 Å². The van der Waals surface area contributed by atoms with Crippen LogP contribution in [0.5, 0.6) is 0 Å². The van der Waals surface area contributed by atoms with Gasteiger partial charge in [-0.15, -0.1) is 0 Å². The highest BCUT2D eigenvalue weighted by Gasteiger charge is 1.70. The largest absolute Gasteiger partial charge is 0.503 e. The van der Waals surface area contributed by atoms with Crippen LogP contribution in [0.25, 0.3) is 0 Å². The van der Waals surface area contributed by atoms with E-state index in [1.807, 2.05) is 0 Å². The summed E-state index contributed by atoms with van der Waals surface area (Å²) in [5.41, 5.74) is 0. The molecule has 3 N–H and O–H groups in total. The smallest absolute Gasteiger partial charge is 0.450 e. The van der Waals surface area contributed by atoms with E-state index in [2.05, 4.69) is 6.92 Å². The van der Waals surface area contributed by atoms with Gasteiger partial charge in [-0.3, -0.25) is 0 Å². The highest BCUT2D eigenvalue weighted by atomic mass is 16.6. The minimum absolute atomic E-state index is 0.344. The lowest BCUT2D eigenvalue weighted by atomic mass is 10.4. The Morgan fingerprint density at radius 3 is 1.78 bits per heavy atom. The molecule has 56 valence electrons. The number of carboxylic acid groups (broad SMARTS) is 2. The average Bonchev–Trinajstić information content (AvgIpc) is 1.66. The quantitative estimate of drug-likeness (QED) is 0.529. The first-order valence-electron chi connectivity index (χ1n) is 2.67. The first-order valence-corrected chi connectivity index (χ1v) is 2.67. The molecule has 9 heavy (non-hydrogen) atoms. The van der Waals surface area contributed by atoms with Crippen molar-refractivity contribution in [1.29, 1.82) is 0 Å². The van der Waals surface area contributed by atoms with Crippen molar-refractivity contribution in [2.45, 2.75) is 19.8 Å². The van der Waals surface area contributed by atoms with Gasteiger partial charge in [0.05, 0.1) is 0 Å². The number of hydrogen-bond donors (Lipinski definition) is 3. The SMILES string of the molecule is CCCCO.O=C(O)O. The minimum Gasteiger partial charge on any atom is -0.450 e. The van der Waals surface area contributed by atoms with Crippen LogP contribution in [-0.2, 0) is 0 Å². The van der Waals surface area contributed by atoms with Crippen LogP contribution in [0, 0.1) is 0 Å². The molecule has 4 nitrogen and oxygen atoms in total. The van der Waals surface area contributed by atoms with Crippen LogP contribution in [0.4, 0.5) is 4.79 Å². The Bertz CT molecular complexity index is 56.0. The number of unbranched alkanes of at least 4 members (excludes halogenated alkanes) is 1. The number of carbonyl (C=O) groups is 1. The van der Waals surface area contributed by atoms with E-state index in [1.165, 1.54) is 0 Å². The summed E-state index contributed by atoms with van der Waals surface area (Å²) in [6.45, 7) is 2.40. The second-order valence-electron chi connectivity index (χ2n) is 1.36. The zero-order valence-electron chi connectivity index (χ0n) is 5.37. The standard InChI is InChI=1S/C4H10O.CH2O3/c1-2-3-4-5;2-1(3)4/h5H,2-4H2,1H3;(H2,2,3,4). The molecule has 0 fully saturated rings. The maximum absolute atomic E-state index is 8.56. The van der Waals surface area contributed by atoms with Gasteiger partial charge >= 0.3 is 6.16 Å². The van der Waals surface area contributed by atoms with Crippen molar-refractivity contribution in [2.75, 3.05) is 6.61 Å². The van der Waals surface area contributed by atoms with Crippen LogP contribution in [0.3, 0.4) is 0 Å². The molecular weight excluding hydrogens is 124 g/mol. The lowest BCUT2D eigenvalue weighted by Crippen LogP contribution is -1.81. The van der Waals surface area contributed by atoms with E-state index in [9.17, 15) is 0 Å². The molecule has 0 aliphatic rings. The first-order chi connectivity index (χ1) is 4.15. The summed E-state index contributed by atoms with van der Waals surface area (Å²) in [5, 5.41) is 22.0. The third-order valence-electron chi connectivity index (χ3n) is 0.512. The molecule has 0 aliphatic carbocycles. The fourth-order valence-corrected chi connectivity index (χ4v) is 0.158. The van der Waals surface area contributed by atoms with Crippen LogP contribution >= 0.6 is 0 Å². The maximum atomic E-state index is 8.56. The van der Waals surface area contributed by atoms with Crippen LogP contribution < -0.4 is 0 Å². The first kappa shape index (κ1) is 11.1. The van der Waals surface area contributed by atoms with Gasteiger partial charge in [-0.05, 0) is 6.42 Å². The summed E-state index contributed by atoms with van der Waals surface area (Å²) in [6.07, 6.45) is 0.205. The molecule has 0 aromatic rings. The number of rotatable bonds is 2. The zero-order valence-corrected chi connectivity index (χ0v) is 5.37. The van der Waals surface area contributed by atoms with Crippen molar-refractivity contribution in [3.05, 3.63) is 0 Å². The van der Waals surface area contributed by atoms with Gasteiger partial charge in [-0.25, -0.2) is 4.79 Å². The minimum atomic E-state index is -1.83. The van der Waals surface area contributed by atoms with Crippen molar-refractivity contribution in [3.63, 3.8) is 0 Å². The van der Waals surface area contributed by atoms with Gasteiger partial charge in [0.25, 0.3) is 0 Å². The molecule has 0 saturated heterocycles. The van der Waals surface area contributed by atoms with Gasteiger partial charge in [0.1, 0.15) is 0 Å². The Morgan fingerprint density at radius 1 is 1.44 bits per heavy atom. The summed E-state index contributed by atoms with van der Waals surface area (Å²) in [5.74, 6) is 0. The Labute approximate surface area is 53.7 Å². The highest BCUT2D eigenvalue weighted by molar-refractivity contribution is 5.53. The van der Waals surface area contributed by atoms with Crippen LogP contribution in [0.15, 0.2) is 0 Å². The molecular formula is C5H12O4. The van der Waals surface area contributed by atoms with E-state index in [1.54, 1.807) is 0 Å². The molecule has 0 heterocycles. The monoisotopic (exact) mass is 136 g/mol. The van der Waals surface area contributed by atoms with Gasteiger partial charge in [0, 0.05) is 6.61 Å². The van der Waals surface area contributed by atoms with Crippen molar-refractivity contribution < 1.29 is 20.1 Å². The molecule has 0 radical (unpaired) electrons. The van der Waals surface area contributed by atoms with Gasteiger partial charge < -0.3 is 15.3 Å². The second kappa shape index (κ2) is 10.3. The van der Waals surface area contributed by atoms with Crippen LogP contribution in [0.2, 0.25) is 0 Å². The molecule has 0 bridgehead atoms. The van der Waals surface area contributed by atoms with Crippen molar-refractivity contribution >= 4 is 6.16 Å². The molecule has 0 aliphatic heterocycles. The third-order valence-corrected chi connectivity index (χ3v) is 0.512. The fraction of sp³-hybridized carbons (Fsp3) is 0.800. The van der Waals surface area contributed by atoms with E-state index in [4.69, 9.17) is 20.1 Å². The summed E-state index contributed by atoms with van der Waals surface area (Å²) in [7, 11) is 0. The van der Waals surface area contributed by atoms with Gasteiger partial charge in [0.2, 0.25) is 0 Å². The third kappa shape index (κ3) is 131. The van der Waals surface area contributed by atoms with E-state index in [0.29, 0.717) is 6.61 Å². The van der Waals surface area contributed by atoms with Gasteiger partial charge in [0.15, 0.2) is 0 Å². The summed E-state index contributed by atoms with van der Waals surface area (Å²) in [4.78, 5) is 8.56. The average molecular weight is 136 g/mol. The summed E-state index contributed by atoms with van der Waals surface area (Å²) in [6, 6.07) is 0. The predicted molar refractivity (Wildman–Crippen MR) is 32.6 cm³/mol. The van der Waals surface area contributed by atoms with E-state index >= 15 is 0 Å². The maximum Gasteiger partial charge on any atom is 0.503 e. The molecule has 0 unspecified atom stereocenters. The molecule has 0 aromatic heterocycles. The summed E-state index contributed by atoms with van der Waals surface area (Å²) < 4.78 is 0. The molecule has 0 rings (SSSR count). The lowest BCUT2D eigenvalue weighted by Gasteiger charge is -1.79. The van der Waals surface area contributed by atoms with Crippen molar-refractivity contribution in [1.82, 2.24) is 0 Å². The highest BCUT2D eigenvalue weighted by Crippen LogP contribution is 1.78. The summed E-state index contributed by atoms with van der Waals surface area (Å²) >= 11 is 0. The Hall–Kier alpha value is -0.770. The normalized spacial score (nSPS) is 7.33. The van der Waals surface area contributed by atoms with Gasteiger partial charge in [-0.2, -0.15) is 0 Å². The van der Waals surface area contributed by atoms with E-state index in [0.717, 1.165) is 12.8 Å². The van der Waals surface area contributed by atoms with E-state index < -0.39 is 6.16 Å². The Balaban J connectivity index is 0. The molecule has 0 saturated carbocycles. The fourth-order valence-electron chi connectivity index (χ4n) is 0.158. The second-order valence-corrected chi connectivity index (χ2v) is 1.36. The lowest BCUT2D eigenvalue weighted by molar-refractivity contribution is 0.137. The van der Waals surface area contributed by atoms with Crippen molar-refractivity contribution in [3.8, 4) is 0 Å². The molecule has 0 spiro atoms. The number of hydrogen-bond acceptors (Lipinski definition) is 2. The van der Waals surface area contributed by atoms with Crippen molar-refractivity contribution in [2.24, 2.45) is 0 Å². The predicted octanol–water partition coefficient (Wildman–Crippen LogP) is 1.00. The topological polar surface area (TPSA) is 77.8 Å².